The Balaban J connectivity index is 2.56. The molecule has 0 aliphatic heterocycles. The van der Waals surface area contributed by atoms with E-state index in [0.717, 1.165) is 17.5 Å². The molecule has 0 radical (unpaired) electrons. The van der Waals surface area contributed by atoms with Crippen LogP contribution in [0.5, 0.6) is 5.75 Å². The standard InChI is InChI=1S/C14H20BrNO2/c1-3-7-18-13-6-4-5-12(8-13)14(17)16-10-11(2)9-15/h4-6,8,11H,3,7,9-10H2,1-2H3,(H,16,17). The molecular formula is C14H20BrNO2. The Morgan fingerprint density at radius 1 is 1.50 bits per heavy atom. The summed E-state index contributed by atoms with van der Waals surface area (Å²) in [6.45, 7) is 5.48. The molecule has 1 rings (SSSR count). The largest absolute Gasteiger partial charge is 0.494 e. The van der Waals surface area contributed by atoms with Crippen molar-refractivity contribution in [2.24, 2.45) is 5.92 Å². The Morgan fingerprint density at radius 2 is 2.28 bits per heavy atom. The minimum absolute atomic E-state index is 0.0512. The zero-order valence-electron chi connectivity index (χ0n) is 10.9. The third kappa shape index (κ3) is 5.08. The molecule has 18 heavy (non-hydrogen) atoms. The number of alkyl halides is 1. The van der Waals surface area contributed by atoms with E-state index in [2.05, 4.69) is 35.1 Å². The van der Waals surface area contributed by atoms with Crippen molar-refractivity contribution in [1.82, 2.24) is 5.32 Å². The van der Waals surface area contributed by atoms with Crippen molar-refractivity contribution in [3.05, 3.63) is 29.8 Å². The molecule has 0 spiro atoms. The smallest absolute Gasteiger partial charge is 0.251 e. The van der Waals surface area contributed by atoms with Gasteiger partial charge in [-0.2, -0.15) is 0 Å². The summed E-state index contributed by atoms with van der Waals surface area (Å²) in [7, 11) is 0. The molecule has 1 aromatic carbocycles. The van der Waals surface area contributed by atoms with Gasteiger partial charge in [-0.25, -0.2) is 0 Å². The van der Waals surface area contributed by atoms with Crippen LogP contribution in [0.1, 0.15) is 30.6 Å². The van der Waals surface area contributed by atoms with E-state index in [9.17, 15) is 4.79 Å². The van der Waals surface area contributed by atoms with E-state index in [0.29, 0.717) is 24.6 Å². The van der Waals surface area contributed by atoms with Crippen LogP contribution in [0.2, 0.25) is 0 Å². The quantitative estimate of drug-likeness (QED) is 0.785. The first-order chi connectivity index (χ1) is 8.67. The lowest BCUT2D eigenvalue weighted by Gasteiger charge is -2.10. The fourth-order valence-electron chi connectivity index (χ4n) is 1.37. The number of hydrogen-bond acceptors (Lipinski definition) is 2. The summed E-state index contributed by atoms with van der Waals surface area (Å²) in [4.78, 5) is 11.9. The van der Waals surface area contributed by atoms with Gasteiger partial charge in [-0.15, -0.1) is 0 Å². The molecule has 1 unspecified atom stereocenters. The highest BCUT2D eigenvalue weighted by Gasteiger charge is 2.08. The maximum Gasteiger partial charge on any atom is 0.251 e. The molecule has 0 aliphatic rings. The van der Waals surface area contributed by atoms with Gasteiger partial charge in [0.25, 0.3) is 5.91 Å². The van der Waals surface area contributed by atoms with Crippen molar-refractivity contribution in [3.8, 4) is 5.75 Å². The average molecular weight is 314 g/mol. The molecule has 0 aliphatic carbocycles. The Labute approximate surface area is 117 Å². The van der Waals surface area contributed by atoms with Gasteiger partial charge in [0.15, 0.2) is 0 Å². The summed E-state index contributed by atoms with van der Waals surface area (Å²) >= 11 is 3.39. The predicted octanol–water partition coefficient (Wildman–Crippen LogP) is 3.24. The van der Waals surface area contributed by atoms with Gasteiger partial charge in [-0.05, 0) is 30.5 Å². The van der Waals surface area contributed by atoms with Gasteiger partial charge in [-0.3, -0.25) is 4.79 Å². The van der Waals surface area contributed by atoms with Crippen LogP contribution in [0.15, 0.2) is 24.3 Å². The van der Waals surface area contributed by atoms with Crippen molar-refractivity contribution in [2.75, 3.05) is 18.5 Å². The molecule has 1 atom stereocenters. The number of ether oxygens (including phenoxy) is 1. The first kappa shape index (κ1) is 15.0. The zero-order valence-corrected chi connectivity index (χ0v) is 12.5. The molecule has 0 bridgehead atoms. The molecule has 100 valence electrons. The summed E-state index contributed by atoms with van der Waals surface area (Å²) in [6, 6.07) is 7.29. The minimum atomic E-state index is -0.0512. The van der Waals surface area contributed by atoms with Crippen molar-refractivity contribution in [3.63, 3.8) is 0 Å². The van der Waals surface area contributed by atoms with E-state index in [1.54, 1.807) is 12.1 Å². The second-order valence-corrected chi connectivity index (χ2v) is 4.99. The van der Waals surface area contributed by atoms with Crippen molar-refractivity contribution in [2.45, 2.75) is 20.3 Å². The Kier molecular flexibility index (Phi) is 6.80. The van der Waals surface area contributed by atoms with Gasteiger partial charge in [-0.1, -0.05) is 35.8 Å². The number of carbonyl (C=O) groups excluding carboxylic acids is 1. The minimum Gasteiger partial charge on any atom is -0.494 e. The second-order valence-electron chi connectivity index (χ2n) is 4.35. The maximum atomic E-state index is 11.9. The number of amides is 1. The van der Waals surface area contributed by atoms with E-state index in [4.69, 9.17) is 4.74 Å². The monoisotopic (exact) mass is 313 g/mol. The van der Waals surface area contributed by atoms with Crippen LogP contribution in [0.4, 0.5) is 0 Å². The molecule has 1 N–H and O–H groups in total. The second kappa shape index (κ2) is 8.14. The van der Waals surface area contributed by atoms with E-state index in [-0.39, 0.29) is 5.91 Å². The van der Waals surface area contributed by atoms with Crippen LogP contribution in [-0.4, -0.2) is 24.4 Å². The molecule has 0 aromatic heterocycles. The molecular weight excluding hydrogens is 294 g/mol. The number of hydrogen-bond donors (Lipinski definition) is 1. The topological polar surface area (TPSA) is 38.3 Å². The number of carbonyl (C=O) groups is 1. The summed E-state index contributed by atoms with van der Waals surface area (Å²) in [5.74, 6) is 1.12. The molecule has 3 nitrogen and oxygen atoms in total. The predicted molar refractivity (Wildman–Crippen MR) is 77.5 cm³/mol. The van der Waals surface area contributed by atoms with Gasteiger partial charge in [0.05, 0.1) is 6.61 Å². The molecule has 0 heterocycles. The first-order valence-corrected chi connectivity index (χ1v) is 7.36. The van der Waals surface area contributed by atoms with Crippen LogP contribution >= 0.6 is 15.9 Å². The van der Waals surface area contributed by atoms with Gasteiger partial charge >= 0.3 is 0 Å². The molecule has 4 heteroatoms. The van der Waals surface area contributed by atoms with E-state index in [1.807, 2.05) is 12.1 Å². The number of halogens is 1. The number of rotatable bonds is 7. The van der Waals surface area contributed by atoms with Gasteiger partial charge in [0.2, 0.25) is 0 Å². The molecule has 0 fully saturated rings. The Bertz CT molecular complexity index is 382. The van der Waals surface area contributed by atoms with Gasteiger partial charge in [0.1, 0.15) is 5.75 Å². The molecule has 0 saturated carbocycles. The Hall–Kier alpha value is -1.03. The van der Waals surface area contributed by atoms with Crippen LogP contribution in [-0.2, 0) is 0 Å². The summed E-state index contributed by atoms with van der Waals surface area (Å²) < 4.78 is 5.51. The lowest BCUT2D eigenvalue weighted by Crippen LogP contribution is -2.28. The summed E-state index contributed by atoms with van der Waals surface area (Å²) in [6.07, 6.45) is 0.958. The van der Waals surface area contributed by atoms with Crippen molar-refractivity contribution in [1.29, 1.82) is 0 Å². The van der Waals surface area contributed by atoms with Crippen LogP contribution in [0.25, 0.3) is 0 Å². The SMILES string of the molecule is CCCOc1cccc(C(=O)NCC(C)CBr)c1. The number of benzene rings is 1. The van der Waals surface area contributed by atoms with Crippen LogP contribution in [0, 0.1) is 5.92 Å². The normalized spacial score (nSPS) is 11.9. The fraction of sp³-hybridized carbons (Fsp3) is 0.500. The third-order valence-corrected chi connectivity index (χ3v) is 3.55. The number of nitrogens with one attached hydrogen (secondary N) is 1. The van der Waals surface area contributed by atoms with E-state index >= 15 is 0 Å². The highest BCUT2D eigenvalue weighted by molar-refractivity contribution is 9.09. The van der Waals surface area contributed by atoms with Gasteiger partial charge in [0, 0.05) is 17.4 Å². The van der Waals surface area contributed by atoms with Crippen LogP contribution in [0.3, 0.4) is 0 Å². The first-order valence-electron chi connectivity index (χ1n) is 6.24. The lowest BCUT2D eigenvalue weighted by atomic mass is 10.2. The van der Waals surface area contributed by atoms with Crippen molar-refractivity contribution >= 4 is 21.8 Å². The van der Waals surface area contributed by atoms with Gasteiger partial charge < -0.3 is 10.1 Å². The van der Waals surface area contributed by atoms with E-state index in [1.165, 1.54) is 0 Å². The Morgan fingerprint density at radius 3 is 2.94 bits per heavy atom. The molecule has 1 amide bonds. The fourth-order valence-corrected chi connectivity index (χ4v) is 1.60. The maximum absolute atomic E-state index is 11.9. The van der Waals surface area contributed by atoms with Crippen LogP contribution < -0.4 is 10.1 Å². The zero-order chi connectivity index (χ0) is 13.4. The van der Waals surface area contributed by atoms with Crippen molar-refractivity contribution < 1.29 is 9.53 Å². The third-order valence-electron chi connectivity index (χ3n) is 2.44. The average Bonchev–Trinajstić information content (AvgIpc) is 2.42. The summed E-state index contributed by atoms with van der Waals surface area (Å²) in [5, 5.41) is 3.79. The highest BCUT2D eigenvalue weighted by atomic mass is 79.9. The molecule has 1 aromatic rings. The van der Waals surface area contributed by atoms with E-state index < -0.39 is 0 Å². The lowest BCUT2D eigenvalue weighted by molar-refractivity contribution is 0.0949. The highest BCUT2D eigenvalue weighted by Crippen LogP contribution is 2.13. The summed E-state index contributed by atoms with van der Waals surface area (Å²) in [5.41, 5.74) is 0.644. The molecule has 0 saturated heterocycles.